The van der Waals surface area contributed by atoms with E-state index >= 15 is 0 Å². The zero-order valence-electron chi connectivity index (χ0n) is 11.4. The molecule has 10 heteroatoms. The SMILES string of the molecule is CC(=NO)C1=NOC(CNc2ncc(C(F)(F)F)cc2Cl)C1. The van der Waals surface area contributed by atoms with Crippen molar-refractivity contribution in [3.63, 3.8) is 0 Å². The first-order valence-corrected chi connectivity index (χ1v) is 6.57. The van der Waals surface area contributed by atoms with E-state index in [2.05, 4.69) is 20.6 Å². The highest BCUT2D eigenvalue weighted by atomic mass is 35.5. The van der Waals surface area contributed by atoms with Crippen LogP contribution in [0.1, 0.15) is 18.9 Å². The third-order valence-electron chi connectivity index (χ3n) is 2.97. The van der Waals surface area contributed by atoms with Crippen LogP contribution in [0.4, 0.5) is 19.0 Å². The molecule has 1 atom stereocenters. The van der Waals surface area contributed by atoms with Crippen molar-refractivity contribution in [3.05, 3.63) is 22.8 Å². The predicted molar refractivity (Wildman–Crippen MR) is 74.6 cm³/mol. The average molecular weight is 337 g/mol. The third-order valence-corrected chi connectivity index (χ3v) is 3.25. The van der Waals surface area contributed by atoms with E-state index in [1.807, 2.05) is 0 Å². The Balaban J connectivity index is 1.94. The minimum atomic E-state index is -4.49. The quantitative estimate of drug-likeness (QED) is 0.503. The van der Waals surface area contributed by atoms with Crippen molar-refractivity contribution in [2.24, 2.45) is 10.3 Å². The second kappa shape index (κ2) is 6.39. The van der Waals surface area contributed by atoms with Gasteiger partial charge < -0.3 is 15.4 Å². The van der Waals surface area contributed by atoms with Crippen LogP contribution < -0.4 is 5.32 Å². The standard InChI is InChI=1S/C12H12ClF3N4O2/c1-6(19-21)10-3-8(22-20-10)5-18-11-9(13)2-7(4-17-11)12(14,15)16/h2,4,8,21H,3,5H2,1H3,(H,17,18). The highest BCUT2D eigenvalue weighted by Gasteiger charge is 2.31. The van der Waals surface area contributed by atoms with E-state index in [4.69, 9.17) is 21.6 Å². The second-order valence-electron chi connectivity index (χ2n) is 4.59. The summed E-state index contributed by atoms with van der Waals surface area (Å²) < 4.78 is 37.5. The molecule has 120 valence electrons. The highest BCUT2D eigenvalue weighted by molar-refractivity contribution is 6.41. The molecule has 1 aromatic heterocycles. The molecule has 22 heavy (non-hydrogen) atoms. The van der Waals surface area contributed by atoms with Gasteiger partial charge >= 0.3 is 6.18 Å². The van der Waals surface area contributed by atoms with Crippen LogP contribution in [0.15, 0.2) is 22.6 Å². The van der Waals surface area contributed by atoms with Crippen molar-refractivity contribution in [2.45, 2.75) is 25.6 Å². The molecule has 0 aliphatic carbocycles. The Hall–Kier alpha value is -2.03. The highest BCUT2D eigenvalue weighted by Crippen LogP contribution is 2.32. The van der Waals surface area contributed by atoms with Gasteiger partial charge in [0.15, 0.2) is 0 Å². The lowest BCUT2D eigenvalue weighted by molar-refractivity contribution is -0.137. The third kappa shape index (κ3) is 3.79. The Morgan fingerprint density at radius 2 is 2.32 bits per heavy atom. The summed E-state index contributed by atoms with van der Waals surface area (Å²) in [5.41, 5.74) is -0.0745. The molecule has 0 bridgehead atoms. The van der Waals surface area contributed by atoms with E-state index in [1.165, 1.54) is 0 Å². The number of nitrogens with one attached hydrogen (secondary N) is 1. The van der Waals surface area contributed by atoms with Gasteiger partial charge in [-0.2, -0.15) is 13.2 Å². The fraction of sp³-hybridized carbons (Fsp3) is 0.417. The Bertz CT molecular complexity index is 619. The maximum atomic E-state index is 12.5. The number of aromatic nitrogens is 1. The van der Waals surface area contributed by atoms with Crippen molar-refractivity contribution in [1.82, 2.24) is 4.98 Å². The van der Waals surface area contributed by atoms with Gasteiger partial charge in [0.25, 0.3) is 0 Å². The summed E-state index contributed by atoms with van der Waals surface area (Å²) in [7, 11) is 0. The first-order chi connectivity index (χ1) is 10.3. The molecule has 2 heterocycles. The molecule has 1 unspecified atom stereocenters. The largest absolute Gasteiger partial charge is 0.417 e. The lowest BCUT2D eigenvalue weighted by Crippen LogP contribution is -2.22. The summed E-state index contributed by atoms with van der Waals surface area (Å²) in [6.45, 7) is 1.82. The maximum Gasteiger partial charge on any atom is 0.417 e. The van der Waals surface area contributed by atoms with E-state index in [0.29, 0.717) is 24.0 Å². The minimum absolute atomic E-state index is 0.124. The average Bonchev–Trinajstić information content (AvgIpc) is 2.93. The molecule has 0 radical (unpaired) electrons. The minimum Gasteiger partial charge on any atom is -0.411 e. The van der Waals surface area contributed by atoms with Crippen molar-refractivity contribution in [2.75, 3.05) is 11.9 Å². The van der Waals surface area contributed by atoms with Crippen LogP contribution >= 0.6 is 11.6 Å². The number of hydrogen-bond acceptors (Lipinski definition) is 6. The molecule has 0 amide bonds. The number of rotatable bonds is 4. The zero-order valence-corrected chi connectivity index (χ0v) is 12.1. The number of nitrogens with zero attached hydrogens (tertiary/aromatic N) is 3. The fourth-order valence-electron chi connectivity index (χ4n) is 1.74. The van der Waals surface area contributed by atoms with E-state index in [-0.39, 0.29) is 23.5 Å². The van der Waals surface area contributed by atoms with E-state index in [1.54, 1.807) is 6.92 Å². The topological polar surface area (TPSA) is 79.1 Å². The summed E-state index contributed by atoms with van der Waals surface area (Å²) in [5, 5.41) is 18.1. The number of hydrogen-bond donors (Lipinski definition) is 2. The molecule has 2 rings (SSSR count). The molecule has 1 aliphatic rings. The van der Waals surface area contributed by atoms with Crippen LogP contribution in [0.2, 0.25) is 5.02 Å². The van der Waals surface area contributed by atoms with Gasteiger partial charge in [-0.3, -0.25) is 0 Å². The van der Waals surface area contributed by atoms with E-state index < -0.39 is 11.7 Å². The van der Waals surface area contributed by atoms with Crippen molar-refractivity contribution in [1.29, 1.82) is 0 Å². The van der Waals surface area contributed by atoms with Crippen LogP contribution in [-0.2, 0) is 11.0 Å². The van der Waals surface area contributed by atoms with Crippen molar-refractivity contribution >= 4 is 28.8 Å². The van der Waals surface area contributed by atoms with Crippen LogP contribution in [-0.4, -0.2) is 34.3 Å². The number of alkyl halides is 3. The van der Waals surface area contributed by atoms with Crippen LogP contribution in [0.25, 0.3) is 0 Å². The Kier molecular flexibility index (Phi) is 4.74. The monoisotopic (exact) mass is 336 g/mol. The van der Waals surface area contributed by atoms with Gasteiger partial charge in [-0.25, -0.2) is 4.98 Å². The van der Waals surface area contributed by atoms with Crippen LogP contribution in [0.3, 0.4) is 0 Å². The summed E-state index contributed by atoms with van der Waals surface area (Å²) in [5.74, 6) is 0.124. The van der Waals surface area contributed by atoms with Gasteiger partial charge in [-0.05, 0) is 13.0 Å². The molecule has 0 saturated heterocycles. The molecule has 0 aromatic carbocycles. The summed E-state index contributed by atoms with van der Waals surface area (Å²) in [6, 6.07) is 0.802. The van der Waals surface area contributed by atoms with E-state index in [0.717, 1.165) is 6.07 Å². The van der Waals surface area contributed by atoms with Gasteiger partial charge in [0.05, 0.1) is 17.1 Å². The number of anilines is 1. The van der Waals surface area contributed by atoms with Gasteiger partial charge in [-0.1, -0.05) is 21.9 Å². The first-order valence-electron chi connectivity index (χ1n) is 6.19. The van der Waals surface area contributed by atoms with Crippen molar-refractivity contribution in [3.8, 4) is 0 Å². The zero-order chi connectivity index (χ0) is 16.3. The number of halogens is 4. The normalized spacial score (nSPS) is 18.9. The molecular weight excluding hydrogens is 325 g/mol. The molecular formula is C12H12ClF3N4O2. The molecule has 0 spiro atoms. The lowest BCUT2D eigenvalue weighted by Gasteiger charge is -2.13. The Morgan fingerprint density at radius 1 is 1.59 bits per heavy atom. The van der Waals surface area contributed by atoms with Gasteiger partial charge in [-0.15, -0.1) is 0 Å². The second-order valence-corrected chi connectivity index (χ2v) is 5.00. The van der Waals surface area contributed by atoms with Crippen LogP contribution in [0, 0.1) is 0 Å². The van der Waals surface area contributed by atoms with Gasteiger partial charge in [0.2, 0.25) is 0 Å². The number of pyridine rings is 1. The van der Waals surface area contributed by atoms with Crippen molar-refractivity contribution < 1.29 is 23.2 Å². The lowest BCUT2D eigenvalue weighted by atomic mass is 10.1. The Morgan fingerprint density at radius 3 is 2.91 bits per heavy atom. The summed E-state index contributed by atoms with van der Waals surface area (Å²) in [6.07, 6.45) is -3.74. The molecule has 2 N–H and O–H groups in total. The number of oxime groups is 2. The summed E-state index contributed by atoms with van der Waals surface area (Å²) >= 11 is 5.78. The molecule has 1 aromatic rings. The fourth-order valence-corrected chi connectivity index (χ4v) is 1.98. The molecule has 6 nitrogen and oxygen atoms in total. The molecule has 1 aliphatic heterocycles. The van der Waals surface area contributed by atoms with Gasteiger partial charge in [0, 0.05) is 12.6 Å². The summed E-state index contributed by atoms with van der Waals surface area (Å²) in [4.78, 5) is 8.77. The van der Waals surface area contributed by atoms with E-state index in [9.17, 15) is 13.2 Å². The van der Waals surface area contributed by atoms with Gasteiger partial charge in [0.1, 0.15) is 23.3 Å². The maximum absolute atomic E-state index is 12.5. The molecule has 0 fully saturated rings. The molecule has 0 saturated carbocycles. The van der Waals surface area contributed by atoms with Crippen LogP contribution in [0.5, 0.6) is 0 Å². The smallest absolute Gasteiger partial charge is 0.411 e. The first kappa shape index (κ1) is 16.3. The predicted octanol–water partition coefficient (Wildman–Crippen LogP) is 3.16. The Labute approximate surface area is 128 Å².